The monoisotopic (exact) mass is 223 g/mol. The Balaban J connectivity index is 3.21. The molecule has 3 nitrogen and oxygen atoms in total. The van der Waals surface area contributed by atoms with Gasteiger partial charge in [0.2, 0.25) is 0 Å². The third kappa shape index (κ3) is 2.64. The molecule has 1 unspecified atom stereocenters. The zero-order valence-electron chi connectivity index (χ0n) is 11.6. The fourth-order valence-corrected chi connectivity index (χ4v) is 1.72. The quantitative estimate of drug-likeness (QED) is 0.853. The van der Waals surface area contributed by atoms with E-state index in [2.05, 4.69) is 57.6 Å². The summed E-state index contributed by atoms with van der Waals surface area (Å²) in [7, 11) is 1.97. The van der Waals surface area contributed by atoms with Crippen molar-refractivity contribution in [1.29, 1.82) is 0 Å². The number of aromatic nitrogens is 2. The molecule has 0 aliphatic carbocycles. The molecule has 1 aromatic rings. The first-order valence-corrected chi connectivity index (χ1v) is 6.05. The average molecular weight is 223 g/mol. The second kappa shape index (κ2) is 4.58. The van der Waals surface area contributed by atoms with Crippen molar-refractivity contribution < 1.29 is 0 Å². The van der Waals surface area contributed by atoms with Gasteiger partial charge in [-0.2, -0.15) is 5.10 Å². The van der Waals surface area contributed by atoms with Crippen LogP contribution in [0.25, 0.3) is 0 Å². The van der Waals surface area contributed by atoms with Crippen molar-refractivity contribution in [2.75, 3.05) is 7.05 Å². The summed E-state index contributed by atoms with van der Waals surface area (Å²) >= 11 is 0. The van der Waals surface area contributed by atoms with Crippen molar-refractivity contribution >= 4 is 0 Å². The standard InChI is InChI=1S/C13H25N3/c1-9(2)12-8-11(10(3)14-7)15-16(12)13(4,5)6/h8-10,14H,1-7H3. The number of hydrogen-bond acceptors (Lipinski definition) is 2. The fourth-order valence-electron chi connectivity index (χ4n) is 1.72. The normalized spacial score (nSPS) is 14.5. The zero-order chi connectivity index (χ0) is 12.5. The van der Waals surface area contributed by atoms with E-state index in [1.807, 2.05) is 7.05 Å². The summed E-state index contributed by atoms with van der Waals surface area (Å²) in [6.07, 6.45) is 0. The highest BCUT2D eigenvalue weighted by atomic mass is 15.3. The predicted octanol–water partition coefficient (Wildman–Crippen LogP) is 3.04. The largest absolute Gasteiger partial charge is 0.312 e. The number of nitrogens with zero attached hydrogens (tertiary/aromatic N) is 2. The Hall–Kier alpha value is -0.830. The molecule has 3 heteroatoms. The first-order valence-electron chi connectivity index (χ1n) is 6.05. The molecule has 0 aromatic carbocycles. The van der Waals surface area contributed by atoms with Crippen LogP contribution in [0.1, 0.15) is 64.9 Å². The topological polar surface area (TPSA) is 29.9 Å². The third-order valence-electron chi connectivity index (χ3n) is 2.86. The van der Waals surface area contributed by atoms with Crippen LogP contribution in [0.2, 0.25) is 0 Å². The van der Waals surface area contributed by atoms with Gasteiger partial charge in [-0.25, -0.2) is 0 Å². The van der Waals surface area contributed by atoms with Crippen molar-refractivity contribution in [2.45, 2.75) is 59.0 Å². The van der Waals surface area contributed by atoms with Gasteiger partial charge in [-0.3, -0.25) is 4.68 Å². The van der Waals surface area contributed by atoms with Crippen LogP contribution in [0.3, 0.4) is 0 Å². The maximum absolute atomic E-state index is 4.73. The zero-order valence-corrected chi connectivity index (χ0v) is 11.6. The van der Waals surface area contributed by atoms with Crippen LogP contribution < -0.4 is 5.32 Å². The van der Waals surface area contributed by atoms with Crippen LogP contribution in [0.15, 0.2) is 6.07 Å². The second-order valence-corrected chi connectivity index (χ2v) is 5.74. The number of rotatable bonds is 3. The highest BCUT2D eigenvalue weighted by Crippen LogP contribution is 2.25. The van der Waals surface area contributed by atoms with Gasteiger partial charge in [-0.1, -0.05) is 13.8 Å². The summed E-state index contributed by atoms with van der Waals surface area (Å²) < 4.78 is 2.15. The molecule has 0 radical (unpaired) electrons. The van der Waals surface area contributed by atoms with Crippen LogP contribution in [-0.2, 0) is 5.54 Å². The van der Waals surface area contributed by atoms with E-state index in [-0.39, 0.29) is 5.54 Å². The molecule has 0 fully saturated rings. The minimum Gasteiger partial charge on any atom is -0.312 e. The van der Waals surface area contributed by atoms with Gasteiger partial charge in [-0.15, -0.1) is 0 Å². The average Bonchev–Trinajstić information content (AvgIpc) is 2.60. The molecule has 0 spiro atoms. The molecule has 16 heavy (non-hydrogen) atoms. The van der Waals surface area contributed by atoms with E-state index in [1.54, 1.807) is 0 Å². The highest BCUT2D eigenvalue weighted by molar-refractivity contribution is 5.17. The molecule has 1 aromatic heterocycles. The molecule has 1 rings (SSSR count). The first-order chi connectivity index (χ1) is 7.27. The van der Waals surface area contributed by atoms with E-state index in [0.29, 0.717) is 12.0 Å². The van der Waals surface area contributed by atoms with Crippen LogP contribution in [0.5, 0.6) is 0 Å². The van der Waals surface area contributed by atoms with Crippen molar-refractivity contribution in [3.05, 3.63) is 17.5 Å². The van der Waals surface area contributed by atoms with Crippen molar-refractivity contribution in [1.82, 2.24) is 15.1 Å². The smallest absolute Gasteiger partial charge is 0.0794 e. The molecular formula is C13H25N3. The van der Waals surface area contributed by atoms with Crippen molar-refractivity contribution in [3.8, 4) is 0 Å². The SMILES string of the molecule is CNC(C)c1cc(C(C)C)n(C(C)(C)C)n1. The Bertz CT molecular complexity index is 345. The van der Waals surface area contributed by atoms with Gasteiger partial charge in [0.15, 0.2) is 0 Å². The van der Waals surface area contributed by atoms with E-state index in [9.17, 15) is 0 Å². The number of hydrogen-bond donors (Lipinski definition) is 1. The van der Waals surface area contributed by atoms with Gasteiger partial charge in [0.25, 0.3) is 0 Å². The van der Waals surface area contributed by atoms with E-state index < -0.39 is 0 Å². The molecule has 0 aliphatic heterocycles. The molecule has 0 bridgehead atoms. The number of nitrogens with one attached hydrogen (secondary N) is 1. The van der Waals surface area contributed by atoms with E-state index in [1.165, 1.54) is 5.69 Å². The van der Waals surface area contributed by atoms with Gasteiger partial charge in [-0.05, 0) is 46.7 Å². The Morgan fingerprint density at radius 1 is 1.25 bits per heavy atom. The van der Waals surface area contributed by atoms with Gasteiger partial charge in [0.1, 0.15) is 0 Å². The summed E-state index contributed by atoms with van der Waals surface area (Å²) in [5.41, 5.74) is 2.48. The van der Waals surface area contributed by atoms with Crippen LogP contribution in [0, 0.1) is 0 Å². The Kier molecular flexibility index (Phi) is 3.79. The van der Waals surface area contributed by atoms with E-state index >= 15 is 0 Å². The van der Waals surface area contributed by atoms with E-state index in [0.717, 1.165) is 5.69 Å². The summed E-state index contributed by atoms with van der Waals surface area (Å²) in [4.78, 5) is 0. The van der Waals surface area contributed by atoms with Crippen LogP contribution >= 0.6 is 0 Å². The summed E-state index contributed by atoms with van der Waals surface area (Å²) in [5, 5.41) is 7.96. The predicted molar refractivity (Wildman–Crippen MR) is 68.8 cm³/mol. The molecular weight excluding hydrogens is 198 g/mol. The Morgan fingerprint density at radius 3 is 2.12 bits per heavy atom. The lowest BCUT2D eigenvalue weighted by molar-refractivity contribution is 0.335. The Morgan fingerprint density at radius 2 is 1.81 bits per heavy atom. The minimum absolute atomic E-state index is 0.0469. The molecule has 0 saturated heterocycles. The summed E-state index contributed by atoms with van der Waals surface area (Å²) in [6.45, 7) is 13.2. The van der Waals surface area contributed by atoms with Crippen LogP contribution in [-0.4, -0.2) is 16.8 Å². The lowest BCUT2D eigenvalue weighted by Crippen LogP contribution is -2.26. The lowest BCUT2D eigenvalue weighted by Gasteiger charge is -2.23. The molecule has 0 amide bonds. The van der Waals surface area contributed by atoms with Crippen LogP contribution in [0.4, 0.5) is 0 Å². The summed E-state index contributed by atoms with van der Waals surface area (Å²) in [6, 6.07) is 2.53. The fraction of sp³-hybridized carbons (Fsp3) is 0.769. The van der Waals surface area contributed by atoms with E-state index in [4.69, 9.17) is 5.10 Å². The lowest BCUT2D eigenvalue weighted by atomic mass is 10.1. The maximum atomic E-state index is 4.73. The summed E-state index contributed by atoms with van der Waals surface area (Å²) in [5.74, 6) is 0.504. The molecule has 1 atom stereocenters. The third-order valence-corrected chi connectivity index (χ3v) is 2.86. The molecule has 1 heterocycles. The van der Waals surface area contributed by atoms with Gasteiger partial charge in [0, 0.05) is 11.7 Å². The Labute approximate surface area is 99.2 Å². The molecule has 92 valence electrons. The minimum atomic E-state index is 0.0469. The molecule has 0 saturated carbocycles. The molecule has 0 aliphatic rings. The van der Waals surface area contributed by atoms with Gasteiger partial charge >= 0.3 is 0 Å². The van der Waals surface area contributed by atoms with Crippen molar-refractivity contribution in [2.24, 2.45) is 0 Å². The van der Waals surface area contributed by atoms with Crippen molar-refractivity contribution in [3.63, 3.8) is 0 Å². The van der Waals surface area contributed by atoms with Gasteiger partial charge in [0.05, 0.1) is 11.2 Å². The molecule has 1 N–H and O–H groups in total. The highest BCUT2D eigenvalue weighted by Gasteiger charge is 2.22. The van der Waals surface area contributed by atoms with Gasteiger partial charge < -0.3 is 5.32 Å². The maximum Gasteiger partial charge on any atom is 0.0794 e. The second-order valence-electron chi connectivity index (χ2n) is 5.74. The first kappa shape index (κ1) is 13.2.